The van der Waals surface area contributed by atoms with Crippen LogP contribution in [0.1, 0.15) is 16.7 Å². The number of aryl methyl sites for hydroxylation is 1. The van der Waals surface area contributed by atoms with Gasteiger partial charge in [-0.05, 0) is 56.0 Å². The van der Waals surface area contributed by atoms with E-state index in [0.717, 1.165) is 28.7 Å². The van der Waals surface area contributed by atoms with E-state index in [9.17, 15) is 13.2 Å². The highest BCUT2D eigenvalue weighted by molar-refractivity contribution is 8.31. The van der Waals surface area contributed by atoms with Crippen LogP contribution < -0.4 is 4.74 Å². The predicted octanol–water partition coefficient (Wildman–Crippen LogP) is 2.92. The first-order valence-electron chi connectivity index (χ1n) is 7.07. The Labute approximate surface area is 145 Å². The van der Waals surface area contributed by atoms with Gasteiger partial charge in [0.1, 0.15) is 5.75 Å². The van der Waals surface area contributed by atoms with Crippen LogP contribution in [0.2, 0.25) is 0 Å². The smallest absolute Gasteiger partial charge is 0.410 e. The number of amides is 1. The Morgan fingerprint density at radius 2 is 1.62 bits per heavy atom. The van der Waals surface area contributed by atoms with Gasteiger partial charge in [0.25, 0.3) is 0 Å². The minimum Gasteiger partial charge on any atom is -0.410 e. The van der Waals surface area contributed by atoms with Gasteiger partial charge in [0.2, 0.25) is 0 Å². The summed E-state index contributed by atoms with van der Waals surface area (Å²) in [5.74, 6) is 0.472. The van der Waals surface area contributed by atoms with Gasteiger partial charge in [-0.15, -0.1) is 0 Å². The predicted molar refractivity (Wildman–Crippen MR) is 95.1 cm³/mol. The molecular formula is C15H25NO6S2. The molecule has 0 spiro atoms. The van der Waals surface area contributed by atoms with E-state index in [-0.39, 0.29) is 0 Å². The molecule has 0 aromatic heterocycles. The molecule has 138 valence electrons. The van der Waals surface area contributed by atoms with Crippen LogP contribution in [-0.2, 0) is 18.2 Å². The maximum absolute atomic E-state index is 11.8. The topological polar surface area (TPSA) is 82.1 Å². The second kappa shape index (κ2) is 7.30. The highest BCUT2D eigenvalue weighted by Crippen LogP contribution is 2.54. The van der Waals surface area contributed by atoms with E-state index in [1.165, 1.54) is 4.90 Å². The molecule has 0 saturated carbocycles. The van der Waals surface area contributed by atoms with E-state index in [4.69, 9.17) is 8.37 Å². The van der Waals surface area contributed by atoms with Crippen molar-refractivity contribution in [1.29, 1.82) is 0 Å². The van der Waals surface area contributed by atoms with Gasteiger partial charge in [-0.2, -0.15) is 12.0 Å². The third-order valence-corrected chi connectivity index (χ3v) is 7.44. The van der Waals surface area contributed by atoms with Crippen LogP contribution in [0.3, 0.4) is 0 Å². The largest absolute Gasteiger partial charge is 0.414 e. The number of carbonyl (C=O) groups excluding carboxylic acids is 1. The van der Waals surface area contributed by atoms with E-state index in [1.807, 2.05) is 13.8 Å². The van der Waals surface area contributed by atoms with Crippen LogP contribution >= 0.6 is 10.3 Å². The van der Waals surface area contributed by atoms with Gasteiger partial charge < -0.3 is 9.64 Å². The van der Waals surface area contributed by atoms with Gasteiger partial charge in [-0.25, -0.2) is 4.79 Å². The standard InChI is InChI=1S/C15H25NO6S2/c1-10-9-13(23(7,8)22-24(18,19)20-6)11(2)12(3)14(10)21-15(17)16(4)5/h9H,1-8H3. The lowest BCUT2D eigenvalue weighted by atomic mass is 10.1. The number of carbonyl (C=O) groups is 1. The summed E-state index contributed by atoms with van der Waals surface area (Å²) in [6.45, 7) is 5.47. The highest BCUT2D eigenvalue weighted by atomic mass is 32.3. The van der Waals surface area contributed by atoms with Crippen molar-refractivity contribution in [3.8, 4) is 5.75 Å². The number of rotatable bonds is 5. The van der Waals surface area contributed by atoms with Gasteiger partial charge in [-0.1, -0.05) is 10.3 Å². The van der Waals surface area contributed by atoms with Crippen molar-refractivity contribution in [3.63, 3.8) is 0 Å². The van der Waals surface area contributed by atoms with E-state index < -0.39 is 26.8 Å². The zero-order chi connectivity index (χ0) is 18.9. The molecule has 0 aliphatic rings. The molecule has 0 fully saturated rings. The third kappa shape index (κ3) is 4.62. The molecule has 0 heterocycles. The molecule has 1 amide bonds. The number of benzene rings is 1. The summed E-state index contributed by atoms with van der Waals surface area (Å²) >= 11 is 0. The van der Waals surface area contributed by atoms with Crippen molar-refractivity contribution in [2.45, 2.75) is 25.7 Å². The molecule has 0 unspecified atom stereocenters. The maximum Gasteiger partial charge on any atom is 0.414 e. The summed E-state index contributed by atoms with van der Waals surface area (Å²) in [5, 5.41) is 0. The number of hydrogen-bond acceptors (Lipinski definition) is 6. The molecule has 0 atom stereocenters. The third-order valence-electron chi connectivity index (χ3n) is 3.52. The fourth-order valence-corrected chi connectivity index (χ4v) is 5.67. The van der Waals surface area contributed by atoms with Gasteiger partial charge in [0.05, 0.1) is 7.11 Å². The Morgan fingerprint density at radius 1 is 1.08 bits per heavy atom. The van der Waals surface area contributed by atoms with Crippen molar-refractivity contribution in [3.05, 3.63) is 22.8 Å². The van der Waals surface area contributed by atoms with Crippen molar-refractivity contribution < 1.29 is 25.8 Å². The summed E-state index contributed by atoms with van der Waals surface area (Å²) in [6, 6.07) is 1.79. The monoisotopic (exact) mass is 379 g/mol. The maximum atomic E-state index is 11.8. The van der Waals surface area contributed by atoms with Gasteiger partial charge in [0.15, 0.2) is 0 Å². The Balaban J connectivity index is 3.37. The molecular weight excluding hydrogens is 354 g/mol. The van der Waals surface area contributed by atoms with Crippen LogP contribution in [0.4, 0.5) is 4.79 Å². The first kappa shape index (κ1) is 20.8. The Hall–Kier alpha value is -1.29. The zero-order valence-corrected chi connectivity index (χ0v) is 16.9. The molecule has 0 saturated heterocycles. The van der Waals surface area contributed by atoms with Gasteiger partial charge in [-0.3, -0.25) is 4.18 Å². The molecule has 0 aliphatic heterocycles. The lowest BCUT2D eigenvalue weighted by molar-refractivity contribution is 0.171. The van der Waals surface area contributed by atoms with E-state index >= 15 is 0 Å². The van der Waals surface area contributed by atoms with Crippen molar-refractivity contribution in [1.82, 2.24) is 4.90 Å². The molecule has 0 N–H and O–H groups in total. The van der Waals surface area contributed by atoms with Crippen molar-refractivity contribution >= 4 is 26.8 Å². The van der Waals surface area contributed by atoms with Crippen LogP contribution in [0.5, 0.6) is 5.75 Å². The van der Waals surface area contributed by atoms with Gasteiger partial charge in [0, 0.05) is 19.0 Å². The Kier molecular flexibility index (Phi) is 6.31. The molecule has 0 bridgehead atoms. The fourth-order valence-electron chi connectivity index (χ4n) is 2.14. The lowest BCUT2D eigenvalue weighted by Gasteiger charge is -2.32. The number of nitrogens with zero attached hydrogens (tertiary/aromatic N) is 1. The first-order chi connectivity index (χ1) is 10.8. The molecule has 1 aromatic rings. The Morgan fingerprint density at radius 3 is 2.08 bits per heavy atom. The number of hydrogen-bond donors (Lipinski definition) is 0. The van der Waals surface area contributed by atoms with Gasteiger partial charge >= 0.3 is 16.5 Å². The molecule has 9 heteroatoms. The first-order valence-corrected chi connectivity index (χ1v) is 10.8. The summed E-state index contributed by atoms with van der Waals surface area (Å²) < 4.78 is 38.4. The normalized spacial score (nSPS) is 12.8. The Bertz CT molecular complexity index is 741. The summed E-state index contributed by atoms with van der Waals surface area (Å²) in [5.41, 5.74) is 2.30. The summed E-state index contributed by atoms with van der Waals surface area (Å²) in [4.78, 5) is 13.9. The molecule has 0 aliphatic carbocycles. The molecule has 1 rings (SSSR count). The zero-order valence-electron chi connectivity index (χ0n) is 15.3. The fraction of sp³-hybridized carbons (Fsp3) is 0.533. The minimum atomic E-state index is -4.06. The summed E-state index contributed by atoms with van der Waals surface area (Å²) in [6.07, 6.45) is 2.96. The molecule has 24 heavy (non-hydrogen) atoms. The van der Waals surface area contributed by atoms with Crippen LogP contribution in [0.15, 0.2) is 11.0 Å². The van der Waals surface area contributed by atoms with Crippen molar-refractivity contribution in [2.75, 3.05) is 33.7 Å². The van der Waals surface area contributed by atoms with E-state index in [0.29, 0.717) is 5.75 Å². The number of ether oxygens (including phenoxy) is 1. The SMILES string of the molecule is COS(=O)(=O)OS(C)(C)c1cc(C)c(OC(=O)N(C)C)c(C)c1C. The van der Waals surface area contributed by atoms with Crippen LogP contribution in [-0.4, -0.2) is 53.1 Å². The second-order valence-electron chi connectivity index (χ2n) is 5.91. The molecule has 7 nitrogen and oxygen atoms in total. The summed E-state index contributed by atoms with van der Waals surface area (Å²) in [7, 11) is -1.94. The van der Waals surface area contributed by atoms with Crippen molar-refractivity contribution in [2.24, 2.45) is 0 Å². The van der Waals surface area contributed by atoms with Crippen LogP contribution in [0.25, 0.3) is 0 Å². The van der Waals surface area contributed by atoms with E-state index in [1.54, 1.807) is 39.6 Å². The quantitative estimate of drug-likeness (QED) is 0.782. The second-order valence-corrected chi connectivity index (χ2v) is 10.5. The lowest BCUT2D eigenvalue weighted by Crippen LogP contribution is -2.26. The average Bonchev–Trinajstić information content (AvgIpc) is 2.45. The minimum absolute atomic E-state index is 0.472. The molecule has 1 aromatic carbocycles. The molecule has 0 radical (unpaired) electrons. The average molecular weight is 380 g/mol. The van der Waals surface area contributed by atoms with E-state index in [2.05, 4.69) is 4.18 Å². The highest BCUT2D eigenvalue weighted by Gasteiger charge is 2.28. The van der Waals surface area contributed by atoms with Crippen LogP contribution in [0, 0.1) is 20.8 Å².